The molecule has 0 saturated heterocycles. The van der Waals surface area contributed by atoms with Gasteiger partial charge in [-0.15, -0.1) is 0 Å². The molecule has 5 nitrogen and oxygen atoms in total. The summed E-state index contributed by atoms with van der Waals surface area (Å²) in [6, 6.07) is 6.65. The van der Waals surface area contributed by atoms with Crippen molar-refractivity contribution in [3.8, 4) is 0 Å². The van der Waals surface area contributed by atoms with Crippen molar-refractivity contribution in [3.05, 3.63) is 75.9 Å². The van der Waals surface area contributed by atoms with Crippen LogP contribution in [-0.2, 0) is 6.54 Å². The maximum Gasteiger partial charge on any atom is 0.200 e. The predicted molar refractivity (Wildman–Crippen MR) is 113 cm³/mol. The van der Waals surface area contributed by atoms with E-state index in [-0.39, 0.29) is 10.9 Å². The van der Waals surface area contributed by atoms with E-state index >= 15 is 0 Å². The number of carbonyl (C=O) groups excluding carboxylic acids is 1. The molecule has 0 aliphatic rings. The van der Waals surface area contributed by atoms with E-state index in [2.05, 4.69) is 15.7 Å². The van der Waals surface area contributed by atoms with Crippen LogP contribution in [0.25, 0.3) is 0 Å². The summed E-state index contributed by atoms with van der Waals surface area (Å²) in [4.78, 5) is 11.5. The Hall–Kier alpha value is -3.34. The smallest absolute Gasteiger partial charge is 0.200 e. The highest BCUT2D eigenvalue weighted by atomic mass is 32.1. The van der Waals surface area contributed by atoms with Gasteiger partial charge in [0.15, 0.2) is 34.2 Å². The SMILES string of the molecule is CC(=O)c1cccc(NC(=S)Nc2c(C)nn(Cc3c(F)c(F)c(F)c(F)c3F)c2C)c1. The number of hydrogen-bond donors (Lipinski definition) is 2. The van der Waals surface area contributed by atoms with Gasteiger partial charge in [-0.1, -0.05) is 12.1 Å². The highest BCUT2D eigenvalue weighted by Gasteiger charge is 2.26. The van der Waals surface area contributed by atoms with E-state index in [1.54, 1.807) is 38.1 Å². The zero-order chi connectivity index (χ0) is 23.7. The van der Waals surface area contributed by atoms with Gasteiger partial charge in [-0.2, -0.15) is 5.10 Å². The molecule has 0 fully saturated rings. The Balaban J connectivity index is 1.84. The minimum absolute atomic E-state index is 0.117. The van der Waals surface area contributed by atoms with Crippen LogP contribution in [0.4, 0.5) is 33.3 Å². The van der Waals surface area contributed by atoms with E-state index in [1.165, 1.54) is 6.92 Å². The number of rotatable bonds is 5. The van der Waals surface area contributed by atoms with Gasteiger partial charge < -0.3 is 10.6 Å². The first kappa shape index (κ1) is 23.3. The van der Waals surface area contributed by atoms with Gasteiger partial charge in [0.25, 0.3) is 0 Å². The fourth-order valence-electron chi connectivity index (χ4n) is 3.06. The van der Waals surface area contributed by atoms with Crippen LogP contribution in [0.5, 0.6) is 0 Å². The molecule has 1 heterocycles. The number of ketones is 1. The third-order valence-electron chi connectivity index (χ3n) is 4.76. The van der Waals surface area contributed by atoms with Crippen molar-refractivity contribution in [2.45, 2.75) is 27.3 Å². The topological polar surface area (TPSA) is 59.0 Å². The zero-order valence-corrected chi connectivity index (χ0v) is 17.9. The van der Waals surface area contributed by atoms with E-state index in [0.29, 0.717) is 28.3 Å². The molecule has 1 aromatic heterocycles. The van der Waals surface area contributed by atoms with Gasteiger partial charge in [0.05, 0.1) is 29.2 Å². The summed E-state index contributed by atoms with van der Waals surface area (Å²) in [5.41, 5.74) is 1.18. The number of halogens is 5. The van der Waals surface area contributed by atoms with Crippen LogP contribution in [0, 0.1) is 42.9 Å². The third kappa shape index (κ3) is 4.47. The quantitative estimate of drug-likeness (QED) is 0.176. The Bertz CT molecular complexity index is 1210. The number of nitrogens with zero attached hydrogens (tertiary/aromatic N) is 2. The van der Waals surface area contributed by atoms with Gasteiger partial charge in [0.2, 0.25) is 5.82 Å². The summed E-state index contributed by atoms with van der Waals surface area (Å²) in [6.07, 6.45) is 0. The maximum absolute atomic E-state index is 14.0. The maximum atomic E-state index is 14.0. The predicted octanol–water partition coefficient (Wildman–Crippen LogP) is 5.26. The first-order chi connectivity index (χ1) is 15.0. The second-order valence-electron chi connectivity index (χ2n) is 6.97. The van der Waals surface area contributed by atoms with Crippen molar-refractivity contribution in [2.24, 2.45) is 0 Å². The molecular formula is C21H17F5N4OS. The summed E-state index contributed by atoms with van der Waals surface area (Å²) >= 11 is 5.27. The molecule has 0 aliphatic heterocycles. The van der Waals surface area contributed by atoms with E-state index in [0.717, 1.165) is 4.68 Å². The molecule has 168 valence electrons. The number of hydrogen-bond acceptors (Lipinski definition) is 3. The largest absolute Gasteiger partial charge is 0.332 e. The minimum atomic E-state index is -2.22. The van der Waals surface area contributed by atoms with Gasteiger partial charge in [0, 0.05) is 11.3 Å². The number of benzene rings is 2. The molecule has 3 rings (SSSR count). The number of aromatic nitrogens is 2. The number of Topliss-reactive ketones (excluding diaryl/α,β-unsaturated/α-hetero) is 1. The molecule has 3 aromatic rings. The van der Waals surface area contributed by atoms with Crippen LogP contribution < -0.4 is 10.6 Å². The lowest BCUT2D eigenvalue weighted by atomic mass is 10.1. The molecule has 0 unspecified atom stereocenters. The fraction of sp³-hybridized carbons (Fsp3) is 0.190. The minimum Gasteiger partial charge on any atom is -0.332 e. The average Bonchev–Trinajstić information content (AvgIpc) is 3.01. The number of nitrogens with one attached hydrogen (secondary N) is 2. The summed E-state index contributed by atoms with van der Waals surface area (Å²) in [6.45, 7) is 3.89. The van der Waals surface area contributed by atoms with Crippen LogP contribution in [0.3, 0.4) is 0 Å². The summed E-state index contributed by atoms with van der Waals surface area (Å²) in [5, 5.41) is 10.1. The molecule has 0 amide bonds. The molecule has 0 spiro atoms. The lowest BCUT2D eigenvalue weighted by Gasteiger charge is -2.12. The Morgan fingerprint density at radius 3 is 2.19 bits per heavy atom. The number of aryl methyl sites for hydroxylation is 1. The summed E-state index contributed by atoms with van der Waals surface area (Å²) in [5.74, 6) is -10.2. The Morgan fingerprint density at radius 1 is 1.00 bits per heavy atom. The monoisotopic (exact) mass is 468 g/mol. The molecule has 11 heteroatoms. The average molecular weight is 468 g/mol. The van der Waals surface area contributed by atoms with Crippen molar-refractivity contribution in [1.82, 2.24) is 9.78 Å². The van der Waals surface area contributed by atoms with Crippen molar-refractivity contribution >= 4 is 34.5 Å². The number of anilines is 2. The van der Waals surface area contributed by atoms with E-state index in [4.69, 9.17) is 12.2 Å². The van der Waals surface area contributed by atoms with Gasteiger partial charge in [0.1, 0.15) is 0 Å². The van der Waals surface area contributed by atoms with Gasteiger partial charge >= 0.3 is 0 Å². The summed E-state index contributed by atoms with van der Waals surface area (Å²) in [7, 11) is 0. The Labute approximate surface area is 185 Å². The highest BCUT2D eigenvalue weighted by Crippen LogP contribution is 2.26. The molecule has 0 saturated carbocycles. The number of thiocarbonyl (C=S) groups is 1. The van der Waals surface area contributed by atoms with Crippen molar-refractivity contribution in [3.63, 3.8) is 0 Å². The van der Waals surface area contributed by atoms with Crippen LogP contribution in [0.2, 0.25) is 0 Å². The van der Waals surface area contributed by atoms with Gasteiger partial charge in [-0.25, -0.2) is 22.0 Å². The molecular weight excluding hydrogens is 451 g/mol. The van der Waals surface area contributed by atoms with Crippen LogP contribution >= 0.6 is 12.2 Å². The second-order valence-corrected chi connectivity index (χ2v) is 7.38. The molecule has 0 bridgehead atoms. The standard InChI is InChI=1S/C21H17F5N4OS/c1-9-20(28-21(32)27-13-6-4-5-12(7-13)11(3)31)10(2)30(29-9)8-14-15(22)17(24)19(26)18(25)16(14)23/h4-7H,8H2,1-3H3,(H2,27,28,32). The number of carbonyl (C=O) groups is 1. The first-order valence-electron chi connectivity index (χ1n) is 9.24. The Morgan fingerprint density at radius 2 is 1.59 bits per heavy atom. The van der Waals surface area contributed by atoms with Crippen LogP contribution in [0.15, 0.2) is 24.3 Å². The van der Waals surface area contributed by atoms with Gasteiger partial charge in [-0.3, -0.25) is 9.48 Å². The van der Waals surface area contributed by atoms with Crippen molar-refractivity contribution < 1.29 is 26.7 Å². The van der Waals surface area contributed by atoms with Crippen LogP contribution in [-0.4, -0.2) is 20.7 Å². The molecule has 2 aromatic carbocycles. The molecule has 0 aliphatic carbocycles. The van der Waals surface area contributed by atoms with Crippen molar-refractivity contribution in [2.75, 3.05) is 10.6 Å². The van der Waals surface area contributed by atoms with Crippen LogP contribution in [0.1, 0.15) is 34.2 Å². The first-order valence-corrected chi connectivity index (χ1v) is 9.65. The molecule has 32 heavy (non-hydrogen) atoms. The highest BCUT2D eigenvalue weighted by molar-refractivity contribution is 7.80. The fourth-order valence-corrected chi connectivity index (χ4v) is 3.28. The molecule has 0 radical (unpaired) electrons. The lowest BCUT2D eigenvalue weighted by molar-refractivity contribution is 0.101. The van der Waals surface area contributed by atoms with E-state index < -0.39 is 41.2 Å². The molecule has 0 atom stereocenters. The second kappa shape index (κ2) is 9.03. The van der Waals surface area contributed by atoms with Crippen molar-refractivity contribution in [1.29, 1.82) is 0 Å². The van der Waals surface area contributed by atoms with Gasteiger partial charge in [-0.05, 0) is 45.1 Å². The summed E-state index contributed by atoms with van der Waals surface area (Å²) < 4.78 is 69.5. The third-order valence-corrected chi connectivity index (χ3v) is 4.96. The van der Waals surface area contributed by atoms with E-state index in [9.17, 15) is 26.7 Å². The normalized spacial score (nSPS) is 10.9. The van der Waals surface area contributed by atoms with E-state index in [1.807, 2.05) is 0 Å². The Kier molecular flexibility index (Phi) is 6.58. The molecule has 2 N–H and O–H groups in total. The lowest BCUT2D eigenvalue weighted by Crippen LogP contribution is -2.20. The zero-order valence-electron chi connectivity index (χ0n) is 17.1.